The van der Waals surface area contributed by atoms with E-state index in [1.807, 2.05) is 0 Å². The Morgan fingerprint density at radius 3 is 1.60 bits per heavy atom. The van der Waals surface area contributed by atoms with E-state index in [4.69, 9.17) is 16.6 Å². The van der Waals surface area contributed by atoms with E-state index >= 15 is 0 Å². The van der Waals surface area contributed by atoms with Crippen LogP contribution in [-0.2, 0) is 41.6 Å². The summed E-state index contributed by atoms with van der Waals surface area (Å²) in [7, 11) is 0. The Hall–Kier alpha value is -5.18. The predicted octanol–water partition coefficient (Wildman–Crippen LogP) is -1.51. The van der Waals surface area contributed by atoms with Gasteiger partial charge in [0.15, 0.2) is 0 Å². The van der Waals surface area contributed by atoms with Gasteiger partial charge in [-0.25, -0.2) is 4.79 Å². The van der Waals surface area contributed by atoms with Crippen molar-refractivity contribution in [1.29, 1.82) is 0 Å². The Balaban J connectivity index is 2.23. The quantitative estimate of drug-likeness (QED) is 0.109. The van der Waals surface area contributed by atoms with Gasteiger partial charge in [0, 0.05) is 12.8 Å². The summed E-state index contributed by atoms with van der Waals surface area (Å²) in [6, 6.07) is 5.68. The zero-order valence-electron chi connectivity index (χ0n) is 22.4. The zero-order valence-corrected chi connectivity index (χ0v) is 22.4. The lowest BCUT2D eigenvalue weighted by Gasteiger charge is -2.25. The fourth-order valence-electron chi connectivity index (χ4n) is 3.81. The highest BCUT2D eigenvalue weighted by molar-refractivity contribution is 5.96. The van der Waals surface area contributed by atoms with Crippen molar-refractivity contribution in [2.24, 2.45) is 11.5 Å². The molecule has 4 unspecified atom stereocenters. The Morgan fingerprint density at radius 1 is 0.667 bits per heavy atom. The van der Waals surface area contributed by atoms with Gasteiger partial charge in [-0.2, -0.15) is 0 Å². The van der Waals surface area contributed by atoms with Crippen LogP contribution < -0.4 is 27.4 Å². The molecule has 226 valence electrons. The maximum Gasteiger partial charge on any atom is 0.326 e. The predicted molar refractivity (Wildman–Crippen MR) is 146 cm³/mol. The molecule has 0 fully saturated rings. The van der Waals surface area contributed by atoms with Crippen molar-refractivity contribution in [2.75, 3.05) is 0 Å². The van der Waals surface area contributed by atoms with Gasteiger partial charge in [-0.1, -0.05) is 24.3 Å². The number of carboxylic acids is 2. The van der Waals surface area contributed by atoms with Crippen LogP contribution in [0.2, 0.25) is 0 Å². The second kappa shape index (κ2) is 15.6. The van der Waals surface area contributed by atoms with Crippen LogP contribution in [0.3, 0.4) is 0 Å². The number of hydrogen-bond acceptors (Lipinski definition) is 9. The van der Waals surface area contributed by atoms with E-state index in [9.17, 15) is 44.1 Å². The third-order valence-corrected chi connectivity index (χ3v) is 6.04. The number of carbonyl (C=O) groups excluding carboxylic acids is 4. The molecule has 0 bridgehead atoms. The third-order valence-electron chi connectivity index (χ3n) is 6.04. The molecule has 15 nitrogen and oxygen atoms in total. The number of aliphatic carboxylic acids is 2. The number of aromatic hydroxyl groups is 2. The Morgan fingerprint density at radius 2 is 1.12 bits per heavy atom. The molecular formula is C27H33N5O10. The normalized spacial score (nSPS) is 13.5. The molecule has 4 atom stereocenters. The number of phenols is 2. The van der Waals surface area contributed by atoms with Crippen molar-refractivity contribution < 1.29 is 49.2 Å². The molecule has 0 aliphatic rings. The first-order valence-electron chi connectivity index (χ1n) is 12.7. The zero-order chi connectivity index (χ0) is 31.4. The molecule has 0 saturated carbocycles. The second-order valence-electron chi connectivity index (χ2n) is 9.47. The van der Waals surface area contributed by atoms with Gasteiger partial charge in [0.1, 0.15) is 29.6 Å². The molecule has 0 radical (unpaired) electrons. The molecule has 0 aliphatic carbocycles. The van der Waals surface area contributed by atoms with E-state index in [-0.39, 0.29) is 24.3 Å². The molecule has 0 aromatic heterocycles. The van der Waals surface area contributed by atoms with Crippen molar-refractivity contribution >= 4 is 35.6 Å². The van der Waals surface area contributed by atoms with Crippen LogP contribution in [0.5, 0.6) is 11.5 Å². The molecule has 0 aliphatic heterocycles. The van der Waals surface area contributed by atoms with Gasteiger partial charge in [0.05, 0.1) is 12.5 Å². The van der Waals surface area contributed by atoms with Crippen LogP contribution in [0.15, 0.2) is 48.5 Å². The molecule has 42 heavy (non-hydrogen) atoms. The van der Waals surface area contributed by atoms with Gasteiger partial charge in [-0.15, -0.1) is 0 Å². The number of carboxylic acid groups (broad SMARTS) is 2. The first kappa shape index (κ1) is 33.0. The van der Waals surface area contributed by atoms with E-state index in [0.717, 1.165) is 0 Å². The Kier molecular flexibility index (Phi) is 12.2. The Labute approximate surface area is 239 Å². The van der Waals surface area contributed by atoms with Crippen molar-refractivity contribution in [3.63, 3.8) is 0 Å². The van der Waals surface area contributed by atoms with Crippen LogP contribution >= 0.6 is 0 Å². The summed E-state index contributed by atoms with van der Waals surface area (Å²) in [5.74, 6) is -6.60. The molecule has 2 aromatic rings. The van der Waals surface area contributed by atoms with Gasteiger partial charge >= 0.3 is 11.9 Å². The summed E-state index contributed by atoms with van der Waals surface area (Å²) in [4.78, 5) is 73.3. The number of phenolic OH excluding ortho intramolecular Hbond substituents is 2. The lowest BCUT2D eigenvalue weighted by Crippen LogP contribution is -2.58. The first-order valence-corrected chi connectivity index (χ1v) is 12.7. The number of benzene rings is 2. The first-order chi connectivity index (χ1) is 19.7. The van der Waals surface area contributed by atoms with Crippen LogP contribution in [0.25, 0.3) is 0 Å². The highest BCUT2D eigenvalue weighted by atomic mass is 16.4. The van der Waals surface area contributed by atoms with E-state index in [0.29, 0.717) is 11.1 Å². The molecule has 0 heterocycles. The lowest BCUT2D eigenvalue weighted by molar-refractivity contribution is -0.143. The third kappa shape index (κ3) is 11.1. The minimum atomic E-state index is -1.59. The van der Waals surface area contributed by atoms with Gasteiger partial charge in [-0.3, -0.25) is 24.0 Å². The van der Waals surface area contributed by atoms with Crippen LogP contribution in [0.1, 0.15) is 30.4 Å². The molecule has 15 heteroatoms. The van der Waals surface area contributed by atoms with Crippen LogP contribution in [0.4, 0.5) is 0 Å². The standard InChI is InChI=1S/C27H33N5O10/c28-18(11-14-1-5-16(33)6-2-14)24(38)31-21(13-22(29)35)26(40)32-20(12-15-3-7-17(34)8-4-15)25(39)30-19(27(41)42)9-10-23(36)37/h1-8,18-21,33-34H,9-13,28H2,(H2,29,35)(H,30,39)(H,31,38)(H,32,40)(H,36,37)(H,41,42). The molecular weight excluding hydrogens is 554 g/mol. The van der Waals surface area contributed by atoms with E-state index in [1.54, 1.807) is 12.1 Å². The topological polar surface area (TPSA) is 271 Å². The average molecular weight is 588 g/mol. The van der Waals surface area contributed by atoms with E-state index < -0.39 is 79.0 Å². The number of nitrogens with two attached hydrogens (primary N) is 2. The minimum absolute atomic E-state index is 0.0115. The van der Waals surface area contributed by atoms with Crippen LogP contribution in [0, 0.1) is 0 Å². The minimum Gasteiger partial charge on any atom is -0.508 e. The Bertz CT molecular complexity index is 1280. The van der Waals surface area contributed by atoms with Crippen LogP contribution in [-0.4, -0.2) is 80.2 Å². The fourth-order valence-corrected chi connectivity index (χ4v) is 3.81. The smallest absolute Gasteiger partial charge is 0.326 e. The number of primary amides is 1. The van der Waals surface area contributed by atoms with Crippen molar-refractivity contribution in [3.05, 3.63) is 59.7 Å². The highest BCUT2D eigenvalue weighted by Gasteiger charge is 2.31. The number of carbonyl (C=O) groups is 6. The average Bonchev–Trinajstić information content (AvgIpc) is 2.91. The highest BCUT2D eigenvalue weighted by Crippen LogP contribution is 2.13. The lowest BCUT2D eigenvalue weighted by atomic mass is 10.0. The van der Waals surface area contributed by atoms with Gasteiger partial charge in [0.25, 0.3) is 0 Å². The maximum atomic E-state index is 13.2. The molecule has 0 spiro atoms. The summed E-state index contributed by atoms with van der Waals surface area (Å²) in [5.41, 5.74) is 12.3. The van der Waals surface area contributed by atoms with E-state index in [1.165, 1.54) is 36.4 Å². The molecule has 2 rings (SSSR count). The van der Waals surface area contributed by atoms with Gasteiger partial charge < -0.3 is 47.8 Å². The molecule has 0 saturated heterocycles. The number of amides is 4. The van der Waals surface area contributed by atoms with Crippen molar-refractivity contribution in [3.8, 4) is 11.5 Å². The summed E-state index contributed by atoms with van der Waals surface area (Å²) in [6.45, 7) is 0. The van der Waals surface area contributed by atoms with Crippen molar-refractivity contribution in [2.45, 2.75) is 56.3 Å². The number of nitrogens with one attached hydrogen (secondary N) is 3. The summed E-state index contributed by atoms with van der Waals surface area (Å²) < 4.78 is 0. The number of hydrogen-bond donors (Lipinski definition) is 9. The molecule has 2 aromatic carbocycles. The van der Waals surface area contributed by atoms with Gasteiger partial charge in [0.2, 0.25) is 23.6 Å². The monoisotopic (exact) mass is 587 g/mol. The summed E-state index contributed by atoms with van der Waals surface area (Å²) >= 11 is 0. The second-order valence-corrected chi connectivity index (χ2v) is 9.47. The maximum absolute atomic E-state index is 13.2. The summed E-state index contributed by atoms with van der Waals surface area (Å²) in [6.07, 6.45) is -1.83. The largest absolute Gasteiger partial charge is 0.508 e. The van der Waals surface area contributed by atoms with Crippen molar-refractivity contribution in [1.82, 2.24) is 16.0 Å². The van der Waals surface area contributed by atoms with E-state index in [2.05, 4.69) is 16.0 Å². The molecule has 11 N–H and O–H groups in total. The summed E-state index contributed by atoms with van der Waals surface area (Å²) in [5, 5.41) is 44.2. The fraction of sp³-hybridized carbons (Fsp3) is 0.333. The SMILES string of the molecule is NC(=O)CC(NC(=O)C(N)Cc1ccc(O)cc1)C(=O)NC(Cc1ccc(O)cc1)C(=O)NC(CCC(=O)O)C(=O)O. The number of rotatable bonds is 16. The molecule has 4 amide bonds. The van der Waals surface area contributed by atoms with Gasteiger partial charge in [-0.05, 0) is 48.2 Å².